The molecule has 27 heavy (non-hydrogen) atoms. The molecule has 8 heteroatoms. The van der Waals surface area contributed by atoms with Crippen LogP contribution >= 0.6 is 11.6 Å². The van der Waals surface area contributed by atoms with Crippen LogP contribution < -0.4 is 4.90 Å². The second-order valence-electron chi connectivity index (χ2n) is 6.40. The largest absolute Gasteiger partial charge is 0.416 e. The summed E-state index contributed by atoms with van der Waals surface area (Å²) in [6.07, 6.45) is -4.33. The van der Waals surface area contributed by atoms with Crippen molar-refractivity contribution in [3.63, 3.8) is 0 Å². The van der Waals surface area contributed by atoms with Gasteiger partial charge in [0.05, 0.1) is 12.6 Å². The van der Waals surface area contributed by atoms with E-state index in [1.807, 2.05) is 20.0 Å². The molecule has 0 radical (unpaired) electrons. The van der Waals surface area contributed by atoms with Crippen LogP contribution in [0.25, 0.3) is 11.5 Å². The van der Waals surface area contributed by atoms with Gasteiger partial charge in [-0.25, -0.2) is 0 Å². The number of nitrogens with one attached hydrogen (secondary N) is 1. The first kappa shape index (κ1) is 19.4. The van der Waals surface area contributed by atoms with Crippen molar-refractivity contribution in [2.45, 2.75) is 25.7 Å². The van der Waals surface area contributed by atoms with Gasteiger partial charge in [-0.3, -0.25) is 0 Å². The Morgan fingerprint density at radius 2 is 1.81 bits per heavy atom. The molecule has 2 atom stereocenters. The van der Waals surface area contributed by atoms with E-state index in [0.717, 1.165) is 28.2 Å². The minimum atomic E-state index is -4.33. The van der Waals surface area contributed by atoms with E-state index in [2.05, 4.69) is 10.2 Å². The van der Waals surface area contributed by atoms with E-state index in [1.165, 1.54) is 12.1 Å². The summed E-state index contributed by atoms with van der Waals surface area (Å²) in [6, 6.07) is 12.2. The van der Waals surface area contributed by atoms with Gasteiger partial charge in [-0.2, -0.15) is 13.2 Å². The lowest BCUT2D eigenvalue weighted by molar-refractivity contribution is -0.925. The topological polar surface area (TPSA) is 43.4 Å². The number of quaternary nitrogens is 1. The first-order chi connectivity index (χ1) is 12.7. The van der Waals surface area contributed by atoms with Gasteiger partial charge in [-0.05, 0) is 37.3 Å². The second-order valence-corrected chi connectivity index (χ2v) is 6.83. The fraction of sp³-hybridized carbons (Fsp3) is 0.263. The summed E-state index contributed by atoms with van der Waals surface area (Å²) in [5.74, 6) is 0.830. The smallest absolute Gasteiger partial charge is 0.415 e. The van der Waals surface area contributed by atoms with Crippen LogP contribution in [0.4, 0.5) is 13.2 Å². The van der Waals surface area contributed by atoms with Crippen molar-refractivity contribution in [1.82, 2.24) is 10.2 Å². The highest BCUT2D eigenvalue weighted by molar-refractivity contribution is 6.30. The molecule has 1 heterocycles. The van der Waals surface area contributed by atoms with Crippen LogP contribution in [0.1, 0.15) is 30.0 Å². The van der Waals surface area contributed by atoms with Gasteiger partial charge in [0, 0.05) is 16.1 Å². The van der Waals surface area contributed by atoms with Crippen molar-refractivity contribution in [3.8, 4) is 11.5 Å². The molecule has 1 N–H and O–H groups in total. The van der Waals surface area contributed by atoms with E-state index in [1.54, 1.807) is 18.2 Å². The Morgan fingerprint density at radius 1 is 1.11 bits per heavy atom. The molecule has 0 aliphatic rings. The highest BCUT2D eigenvalue weighted by atomic mass is 35.5. The number of benzene rings is 2. The summed E-state index contributed by atoms with van der Waals surface area (Å²) in [5, 5.41) is 8.74. The number of aromatic nitrogens is 2. The molecule has 0 fully saturated rings. The summed E-state index contributed by atoms with van der Waals surface area (Å²) in [4.78, 5) is 1.01. The molecule has 1 aromatic heterocycles. The molecule has 142 valence electrons. The van der Waals surface area contributed by atoms with E-state index in [4.69, 9.17) is 16.0 Å². The number of halogens is 4. The Kier molecular flexibility index (Phi) is 5.53. The van der Waals surface area contributed by atoms with Crippen molar-refractivity contribution in [2.24, 2.45) is 0 Å². The monoisotopic (exact) mass is 396 g/mol. The van der Waals surface area contributed by atoms with Crippen molar-refractivity contribution < 1.29 is 22.5 Å². The van der Waals surface area contributed by atoms with Gasteiger partial charge < -0.3 is 9.32 Å². The molecule has 2 aromatic carbocycles. The molecule has 0 aliphatic heterocycles. The molecule has 1 unspecified atom stereocenters. The summed E-state index contributed by atoms with van der Waals surface area (Å²) >= 11 is 5.98. The third kappa shape index (κ3) is 4.67. The first-order valence-corrected chi connectivity index (χ1v) is 8.69. The van der Waals surface area contributed by atoms with Gasteiger partial charge in [0.2, 0.25) is 5.89 Å². The van der Waals surface area contributed by atoms with Crippen molar-refractivity contribution >= 4 is 11.6 Å². The average molecular weight is 397 g/mol. The number of hydrogen-bond acceptors (Lipinski definition) is 3. The molecule has 0 saturated heterocycles. The zero-order chi connectivity index (χ0) is 19.6. The fourth-order valence-corrected chi connectivity index (χ4v) is 2.84. The predicted molar refractivity (Wildman–Crippen MR) is 95.2 cm³/mol. The Hall–Kier alpha value is -2.38. The molecular weight excluding hydrogens is 379 g/mol. The third-order valence-electron chi connectivity index (χ3n) is 4.39. The second kappa shape index (κ2) is 7.70. The number of hydrogen-bond donors (Lipinski definition) is 1. The quantitative estimate of drug-likeness (QED) is 0.703. The zero-order valence-electron chi connectivity index (χ0n) is 14.7. The zero-order valence-corrected chi connectivity index (χ0v) is 15.5. The summed E-state index contributed by atoms with van der Waals surface area (Å²) in [5.41, 5.74) is 0.871. The summed E-state index contributed by atoms with van der Waals surface area (Å²) in [7, 11) is 1.92. The molecule has 0 bridgehead atoms. The van der Waals surface area contributed by atoms with Crippen LogP contribution in [-0.2, 0) is 12.7 Å². The van der Waals surface area contributed by atoms with Crippen LogP contribution in [0.5, 0.6) is 0 Å². The molecule has 0 spiro atoms. The van der Waals surface area contributed by atoms with E-state index < -0.39 is 11.7 Å². The van der Waals surface area contributed by atoms with Gasteiger partial charge in [0.1, 0.15) is 6.54 Å². The fourth-order valence-electron chi connectivity index (χ4n) is 2.65. The molecular formula is C19H18ClF3N3O+. The van der Waals surface area contributed by atoms with E-state index in [9.17, 15) is 13.2 Å². The maximum Gasteiger partial charge on any atom is 0.416 e. The Bertz CT molecular complexity index is 909. The lowest BCUT2D eigenvalue weighted by Crippen LogP contribution is -3.07. The van der Waals surface area contributed by atoms with Gasteiger partial charge in [-0.15, -0.1) is 10.2 Å². The summed E-state index contributed by atoms with van der Waals surface area (Å²) < 4.78 is 43.7. The molecule has 0 amide bonds. The molecule has 3 rings (SSSR count). The van der Waals surface area contributed by atoms with Gasteiger partial charge in [0.15, 0.2) is 6.04 Å². The van der Waals surface area contributed by atoms with Gasteiger partial charge in [-0.1, -0.05) is 29.8 Å². The predicted octanol–water partition coefficient (Wildman–Crippen LogP) is 4.18. The van der Waals surface area contributed by atoms with Crippen molar-refractivity contribution in [2.75, 3.05) is 7.05 Å². The average Bonchev–Trinajstić information content (AvgIpc) is 3.11. The minimum Gasteiger partial charge on any atom is -0.415 e. The molecule has 4 nitrogen and oxygen atoms in total. The summed E-state index contributed by atoms with van der Waals surface area (Å²) in [6.45, 7) is 2.45. The Morgan fingerprint density at radius 3 is 2.44 bits per heavy atom. The van der Waals surface area contributed by atoms with Crippen LogP contribution in [0.3, 0.4) is 0 Å². The normalized spacial score (nSPS) is 14.1. The van der Waals surface area contributed by atoms with Gasteiger partial charge in [0.25, 0.3) is 5.89 Å². The molecule has 0 saturated carbocycles. The van der Waals surface area contributed by atoms with Crippen molar-refractivity contribution in [3.05, 3.63) is 70.6 Å². The van der Waals surface area contributed by atoms with E-state index in [0.29, 0.717) is 23.3 Å². The SMILES string of the molecule is C[C@H](c1nnc(-c2cccc(Cl)c2)o1)[NH+](C)Cc1ccc(C(F)(F)F)cc1. The Labute approximate surface area is 159 Å². The third-order valence-corrected chi connectivity index (χ3v) is 4.62. The van der Waals surface area contributed by atoms with Crippen LogP contribution in [0.2, 0.25) is 5.02 Å². The molecule has 3 aromatic rings. The number of alkyl halides is 3. The lowest BCUT2D eigenvalue weighted by Gasteiger charge is -2.19. The minimum absolute atomic E-state index is 0.132. The maximum atomic E-state index is 12.7. The first-order valence-electron chi connectivity index (χ1n) is 8.32. The van der Waals surface area contributed by atoms with Crippen LogP contribution in [0.15, 0.2) is 52.9 Å². The number of rotatable bonds is 5. The lowest BCUT2D eigenvalue weighted by atomic mass is 10.1. The van der Waals surface area contributed by atoms with Crippen molar-refractivity contribution in [1.29, 1.82) is 0 Å². The maximum absolute atomic E-state index is 12.7. The van der Waals surface area contributed by atoms with E-state index in [-0.39, 0.29) is 6.04 Å². The molecule has 0 aliphatic carbocycles. The highest BCUT2D eigenvalue weighted by Crippen LogP contribution is 2.29. The number of nitrogens with zero attached hydrogens (tertiary/aromatic N) is 2. The van der Waals surface area contributed by atoms with E-state index >= 15 is 0 Å². The standard InChI is InChI=1S/C19H17ClF3N3O/c1-12(17-24-25-18(27-17)14-4-3-5-16(20)10-14)26(2)11-13-6-8-15(9-7-13)19(21,22)23/h3-10,12H,11H2,1-2H3/p+1/t12-/m1/s1. The van der Waals surface area contributed by atoms with Gasteiger partial charge >= 0.3 is 6.18 Å². The van der Waals surface area contributed by atoms with Crippen LogP contribution in [0, 0.1) is 0 Å². The van der Waals surface area contributed by atoms with Crippen LogP contribution in [-0.4, -0.2) is 17.2 Å². The highest BCUT2D eigenvalue weighted by Gasteiger charge is 2.30. The Balaban J connectivity index is 1.69.